The molecule has 7 heteroatoms. The molecular weight excluding hydrogens is 338 g/mol. The Morgan fingerprint density at radius 3 is 1.92 bits per heavy atom. The van der Waals surface area contributed by atoms with Crippen LogP contribution in [0.2, 0.25) is 0 Å². The molecule has 0 saturated heterocycles. The van der Waals surface area contributed by atoms with Gasteiger partial charge in [0.2, 0.25) is 0 Å². The summed E-state index contributed by atoms with van der Waals surface area (Å²) in [7, 11) is 0. The fraction of sp³-hybridized carbons (Fsp3) is 0.579. The summed E-state index contributed by atoms with van der Waals surface area (Å²) in [6.07, 6.45) is 4.93. The summed E-state index contributed by atoms with van der Waals surface area (Å²) in [4.78, 5) is 33.3. The van der Waals surface area contributed by atoms with E-state index in [9.17, 15) is 19.7 Å². The molecule has 0 aliphatic rings. The first-order valence-electron chi connectivity index (χ1n) is 8.84. The van der Waals surface area contributed by atoms with Crippen LogP contribution in [0.4, 0.5) is 5.69 Å². The van der Waals surface area contributed by atoms with Crippen LogP contribution in [0.15, 0.2) is 24.3 Å². The molecule has 1 rings (SSSR count). The molecule has 0 unspecified atom stereocenters. The van der Waals surface area contributed by atoms with E-state index in [-0.39, 0.29) is 17.6 Å². The van der Waals surface area contributed by atoms with Gasteiger partial charge >= 0.3 is 11.9 Å². The quantitative estimate of drug-likeness (QED) is 0.198. The third-order valence-electron chi connectivity index (χ3n) is 3.46. The number of carbonyl (C=O) groups excluding carboxylic acids is 2. The normalized spacial score (nSPS) is 11.0. The van der Waals surface area contributed by atoms with Gasteiger partial charge in [-0.05, 0) is 45.7 Å². The van der Waals surface area contributed by atoms with Crippen molar-refractivity contribution < 1.29 is 24.0 Å². The second kappa shape index (κ2) is 10.5. The molecule has 0 aliphatic heterocycles. The highest BCUT2D eigenvalue weighted by molar-refractivity contribution is 5.72. The van der Waals surface area contributed by atoms with Crippen LogP contribution in [0.25, 0.3) is 0 Å². The zero-order valence-corrected chi connectivity index (χ0v) is 15.7. The molecule has 0 amide bonds. The number of rotatable bonds is 10. The Morgan fingerprint density at radius 2 is 1.42 bits per heavy atom. The smallest absolute Gasteiger partial charge is 0.311 e. The van der Waals surface area contributed by atoms with Crippen molar-refractivity contribution in [2.24, 2.45) is 0 Å². The third kappa shape index (κ3) is 9.76. The Balaban J connectivity index is 2.09. The minimum atomic E-state index is -0.506. The second-order valence-electron chi connectivity index (χ2n) is 7.08. The lowest BCUT2D eigenvalue weighted by Crippen LogP contribution is -2.23. The summed E-state index contributed by atoms with van der Waals surface area (Å²) < 4.78 is 10.4. The highest BCUT2D eigenvalue weighted by Gasteiger charge is 2.15. The van der Waals surface area contributed by atoms with Gasteiger partial charge in [0, 0.05) is 25.0 Å². The Kier molecular flexibility index (Phi) is 8.75. The highest BCUT2D eigenvalue weighted by Crippen LogP contribution is 2.18. The molecule has 26 heavy (non-hydrogen) atoms. The van der Waals surface area contributed by atoms with Crippen molar-refractivity contribution in [3.05, 3.63) is 34.4 Å². The van der Waals surface area contributed by atoms with E-state index >= 15 is 0 Å². The molecule has 0 heterocycles. The number of carbonyl (C=O) groups is 2. The van der Waals surface area contributed by atoms with Gasteiger partial charge in [-0.15, -0.1) is 0 Å². The minimum Gasteiger partial charge on any atom is -0.460 e. The van der Waals surface area contributed by atoms with Crippen LogP contribution < -0.4 is 4.74 Å². The van der Waals surface area contributed by atoms with Crippen molar-refractivity contribution in [1.29, 1.82) is 0 Å². The van der Waals surface area contributed by atoms with E-state index in [1.165, 1.54) is 24.3 Å². The predicted octanol–water partition coefficient (Wildman–Crippen LogP) is 4.57. The molecule has 1 aromatic carbocycles. The summed E-state index contributed by atoms with van der Waals surface area (Å²) in [6.45, 7) is 5.54. The van der Waals surface area contributed by atoms with Gasteiger partial charge in [-0.2, -0.15) is 0 Å². The van der Waals surface area contributed by atoms with Crippen LogP contribution in [0.5, 0.6) is 5.75 Å². The Bertz CT molecular complexity index is 603. The van der Waals surface area contributed by atoms with Crippen LogP contribution in [-0.2, 0) is 14.3 Å². The first-order valence-corrected chi connectivity index (χ1v) is 8.84. The zero-order valence-electron chi connectivity index (χ0n) is 15.7. The fourth-order valence-corrected chi connectivity index (χ4v) is 2.28. The number of benzene rings is 1. The van der Waals surface area contributed by atoms with Crippen molar-refractivity contribution in [3.8, 4) is 5.75 Å². The molecule has 144 valence electrons. The first-order chi connectivity index (χ1) is 12.2. The number of nitro benzene ring substituents is 1. The molecule has 0 fully saturated rings. The lowest BCUT2D eigenvalue weighted by molar-refractivity contribution is -0.384. The van der Waals surface area contributed by atoms with Crippen LogP contribution in [0, 0.1) is 10.1 Å². The maximum Gasteiger partial charge on any atom is 0.311 e. The van der Waals surface area contributed by atoms with Crippen molar-refractivity contribution in [3.63, 3.8) is 0 Å². The lowest BCUT2D eigenvalue weighted by atomic mass is 10.1. The lowest BCUT2D eigenvalue weighted by Gasteiger charge is -2.19. The van der Waals surface area contributed by atoms with Gasteiger partial charge in [-0.3, -0.25) is 19.7 Å². The van der Waals surface area contributed by atoms with Gasteiger partial charge in [0.15, 0.2) is 0 Å². The number of nitro groups is 1. The maximum absolute atomic E-state index is 11.7. The van der Waals surface area contributed by atoms with E-state index in [0.29, 0.717) is 25.0 Å². The van der Waals surface area contributed by atoms with E-state index in [0.717, 1.165) is 25.7 Å². The van der Waals surface area contributed by atoms with E-state index < -0.39 is 10.5 Å². The van der Waals surface area contributed by atoms with E-state index in [1.807, 2.05) is 20.8 Å². The number of hydrogen-bond donors (Lipinski definition) is 0. The average Bonchev–Trinajstić information content (AvgIpc) is 2.52. The highest BCUT2D eigenvalue weighted by atomic mass is 16.6. The summed E-state index contributed by atoms with van der Waals surface area (Å²) in [6, 6.07) is 5.42. The SMILES string of the molecule is CC(C)(C)OC(=O)CCCCCCCC(=O)Oc1ccc([N+](=O)[O-])cc1. The Morgan fingerprint density at radius 1 is 0.923 bits per heavy atom. The Hall–Kier alpha value is -2.44. The molecule has 1 aromatic rings. The molecule has 0 spiro atoms. The van der Waals surface area contributed by atoms with Crippen molar-refractivity contribution in [1.82, 2.24) is 0 Å². The van der Waals surface area contributed by atoms with Crippen molar-refractivity contribution >= 4 is 17.6 Å². The molecule has 0 aliphatic carbocycles. The molecule has 0 saturated carbocycles. The molecule has 0 N–H and O–H groups in total. The predicted molar refractivity (Wildman–Crippen MR) is 96.9 cm³/mol. The fourth-order valence-electron chi connectivity index (χ4n) is 2.28. The molecule has 7 nitrogen and oxygen atoms in total. The number of esters is 2. The van der Waals surface area contributed by atoms with Crippen LogP contribution in [0.3, 0.4) is 0 Å². The van der Waals surface area contributed by atoms with E-state index in [1.54, 1.807) is 0 Å². The van der Waals surface area contributed by atoms with Crippen LogP contribution >= 0.6 is 0 Å². The standard InChI is InChI=1S/C19H27NO6/c1-19(2,3)26-18(22)10-8-6-4-5-7-9-17(21)25-16-13-11-15(12-14-16)20(23)24/h11-14H,4-10H2,1-3H3. The molecule has 0 bridgehead atoms. The van der Waals surface area contributed by atoms with Gasteiger partial charge in [0.1, 0.15) is 11.4 Å². The van der Waals surface area contributed by atoms with Crippen LogP contribution in [0.1, 0.15) is 65.7 Å². The number of unbranched alkanes of at least 4 members (excludes halogenated alkanes) is 4. The summed E-state index contributed by atoms with van der Waals surface area (Å²) in [5.41, 5.74) is -0.489. The maximum atomic E-state index is 11.7. The van der Waals surface area contributed by atoms with E-state index in [4.69, 9.17) is 9.47 Å². The number of hydrogen-bond acceptors (Lipinski definition) is 6. The molecule has 0 atom stereocenters. The average molecular weight is 365 g/mol. The van der Waals surface area contributed by atoms with Crippen LogP contribution in [-0.4, -0.2) is 22.5 Å². The molecular formula is C19H27NO6. The van der Waals surface area contributed by atoms with Crippen molar-refractivity contribution in [2.45, 2.75) is 71.3 Å². The summed E-state index contributed by atoms with van der Waals surface area (Å²) >= 11 is 0. The summed E-state index contributed by atoms with van der Waals surface area (Å²) in [5, 5.41) is 10.6. The zero-order chi connectivity index (χ0) is 19.6. The number of ether oxygens (including phenoxy) is 2. The monoisotopic (exact) mass is 365 g/mol. The molecule has 0 aromatic heterocycles. The van der Waals surface area contributed by atoms with Gasteiger partial charge in [0.25, 0.3) is 5.69 Å². The van der Waals surface area contributed by atoms with Gasteiger partial charge in [-0.25, -0.2) is 0 Å². The number of non-ortho nitro benzene ring substituents is 1. The summed E-state index contributed by atoms with van der Waals surface area (Å²) in [5.74, 6) is -0.227. The van der Waals surface area contributed by atoms with Crippen molar-refractivity contribution in [2.75, 3.05) is 0 Å². The van der Waals surface area contributed by atoms with E-state index in [2.05, 4.69) is 0 Å². The largest absolute Gasteiger partial charge is 0.460 e. The number of nitrogens with zero attached hydrogens (tertiary/aromatic N) is 1. The Labute approximate surface area is 153 Å². The van der Waals surface area contributed by atoms with Gasteiger partial charge in [-0.1, -0.05) is 19.3 Å². The second-order valence-corrected chi connectivity index (χ2v) is 7.08. The van der Waals surface area contributed by atoms with Gasteiger partial charge in [0.05, 0.1) is 4.92 Å². The minimum absolute atomic E-state index is 0.0452. The molecule has 0 radical (unpaired) electrons. The topological polar surface area (TPSA) is 95.7 Å². The first kappa shape index (κ1) is 21.6. The third-order valence-corrected chi connectivity index (χ3v) is 3.46. The van der Waals surface area contributed by atoms with Gasteiger partial charge < -0.3 is 9.47 Å².